The third-order valence-corrected chi connectivity index (χ3v) is 4.66. The zero-order chi connectivity index (χ0) is 19.8. The van der Waals surface area contributed by atoms with Crippen molar-refractivity contribution in [3.63, 3.8) is 0 Å². The molecular formula is C17H21N3O6S. The van der Waals surface area contributed by atoms with Crippen molar-refractivity contribution in [1.29, 1.82) is 0 Å². The molecule has 2 rings (SSSR count). The van der Waals surface area contributed by atoms with Crippen molar-refractivity contribution < 1.29 is 23.9 Å². The number of hydrogen-bond acceptors (Lipinski definition) is 8. The Kier molecular flexibility index (Phi) is 7.35. The Bertz CT molecular complexity index is 794. The number of rotatable bonds is 10. The summed E-state index contributed by atoms with van der Waals surface area (Å²) in [6.07, 6.45) is 4.16. The molecule has 1 aromatic carbocycles. The van der Waals surface area contributed by atoms with E-state index in [1.165, 1.54) is 27.4 Å². The van der Waals surface area contributed by atoms with Gasteiger partial charge in [-0.25, -0.2) is 4.98 Å². The molecule has 1 heterocycles. The van der Waals surface area contributed by atoms with Crippen LogP contribution in [-0.2, 0) is 6.42 Å². The Labute approximate surface area is 160 Å². The summed E-state index contributed by atoms with van der Waals surface area (Å²) < 4.78 is 15.4. The van der Waals surface area contributed by atoms with Gasteiger partial charge >= 0.3 is 5.69 Å². The molecule has 2 aromatic rings. The van der Waals surface area contributed by atoms with Gasteiger partial charge in [0, 0.05) is 24.2 Å². The minimum Gasteiger partial charge on any atom is -0.493 e. The van der Waals surface area contributed by atoms with E-state index in [1.54, 1.807) is 17.5 Å². The van der Waals surface area contributed by atoms with Crippen LogP contribution in [0.5, 0.6) is 17.2 Å². The smallest absolute Gasteiger partial charge is 0.327 e. The number of unbranched alkanes of at least 4 members (excludes halogenated alkanes) is 1. The molecule has 0 aliphatic rings. The van der Waals surface area contributed by atoms with Gasteiger partial charge in [0.05, 0.1) is 31.3 Å². The highest BCUT2D eigenvalue weighted by atomic mass is 32.1. The second-order valence-electron chi connectivity index (χ2n) is 5.44. The fourth-order valence-corrected chi connectivity index (χ4v) is 3.23. The summed E-state index contributed by atoms with van der Waals surface area (Å²) in [5, 5.41) is 17.2. The molecule has 0 saturated heterocycles. The molecule has 0 unspecified atom stereocenters. The predicted octanol–water partition coefficient (Wildman–Crippen LogP) is 2.83. The van der Waals surface area contributed by atoms with E-state index in [4.69, 9.17) is 14.2 Å². The molecule has 0 spiro atoms. The third-order valence-electron chi connectivity index (χ3n) is 3.82. The minimum absolute atomic E-state index is 0.0618. The number of methoxy groups -OCH3 is 3. The summed E-state index contributed by atoms with van der Waals surface area (Å²) >= 11 is 1.59. The van der Waals surface area contributed by atoms with Crippen LogP contribution in [0, 0.1) is 10.1 Å². The maximum Gasteiger partial charge on any atom is 0.327 e. The molecule has 146 valence electrons. The first-order valence-corrected chi connectivity index (χ1v) is 9.05. The number of carbonyl (C=O) groups excluding carboxylic acids is 1. The van der Waals surface area contributed by atoms with Crippen LogP contribution >= 0.6 is 11.3 Å². The number of nitrogens with one attached hydrogen (secondary N) is 1. The zero-order valence-corrected chi connectivity index (χ0v) is 16.1. The van der Waals surface area contributed by atoms with E-state index < -0.39 is 16.5 Å². The average Bonchev–Trinajstić information content (AvgIpc) is 3.18. The summed E-state index contributed by atoms with van der Waals surface area (Å²) in [6.45, 7) is 0.387. The largest absolute Gasteiger partial charge is 0.493 e. The lowest BCUT2D eigenvalue weighted by atomic mass is 10.1. The second-order valence-corrected chi connectivity index (χ2v) is 6.42. The fourth-order valence-electron chi connectivity index (χ4n) is 2.57. The Morgan fingerprint density at radius 3 is 2.52 bits per heavy atom. The lowest BCUT2D eigenvalue weighted by Crippen LogP contribution is -2.25. The number of benzene rings is 1. The minimum atomic E-state index is -0.668. The molecule has 27 heavy (non-hydrogen) atoms. The molecule has 0 saturated carbocycles. The summed E-state index contributed by atoms with van der Waals surface area (Å²) in [6, 6.07) is 1.28. The lowest BCUT2D eigenvalue weighted by Gasteiger charge is -2.14. The van der Waals surface area contributed by atoms with E-state index in [2.05, 4.69) is 10.3 Å². The Hall–Kier alpha value is -2.88. The number of aryl methyl sites for hydroxylation is 1. The molecule has 9 nitrogen and oxygen atoms in total. The first kappa shape index (κ1) is 20.4. The van der Waals surface area contributed by atoms with Crippen LogP contribution < -0.4 is 19.5 Å². The molecule has 0 radical (unpaired) electrons. The Morgan fingerprint density at radius 2 is 1.96 bits per heavy atom. The number of nitro groups is 1. The SMILES string of the molecule is COc1cc(C(=O)NCCCCc2nccs2)c([N+](=O)[O-])c(OC)c1OC. The zero-order valence-electron chi connectivity index (χ0n) is 15.3. The van der Waals surface area contributed by atoms with Gasteiger partial charge in [0.2, 0.25) is 11.5 Å². The number of thiazole rings is 1. The molecule has 10 heteroatoms. The van der Waals surface area contributed by atoms with Gasteiger partial charge in [0.15, 0.2) is 5.75 Å². The van der Waals surface area contributed by atoms with Crippen LogP contribution in [0.1, 0.15) is 28.2 Å². The molecule has 0 aliphatic heterocycles. The van der Waals surface area contributed by atoms with Crippen LogP contribution in [0.2, 0.25) is 0 Å². The number of nitro benzene ring substituents is 1. The average molecular weight is 395 g/mol. The normalized spacial score (nSPS) is 10.3. The van der Waals surface area contributed by atoms with Crippen molar-refractivity contribution in [3.05, 3.63) is 38.3 Å². The van der Waals surface area contributed by atoms with Crippen molar-refractivity contribution in [3.8, 4) is 17.2 Å². The van der Waals surface area contributed by atoms with Crippen LogP contribution in [0.4, 0.5) is 5.69 Å². The fraction of sp³-hybridized carbons (Fsp3) is 0.412. The van der Waals surface area contributed by atoms with Crippen molar-refractivity contribution in [2.75, 3.05) is 27.9 Å². The summed E-state index contributed by atoms with van der Waals surface area (Å²) in [4.78, 5) is 27.6. The van der Waals surface area contributed by atoms with Gasteiger partial charge in [0.1, 0.15) is 5.56 Å². The van der Waals surface area contributed by atoms with E-state index in [0.717, 1.165) is 24.3 Å². The van der Waals surface area contributed by atoms with Crippen LogP contribution in [0.15, 0.2) is 17.6 Å². The highest BCUT2D eigenvalue weighted by Crippen LogP contribution is 2.46. The van der Waals surface area contributed by atoms with Crippen LogP contribution in [0.3, 0.4) is 0 Å². The highest BCUT2D eigenvalue weighted by molar-refractivity contribution is 7.09. The first-order chi connectivity index (χ1) is 13.0. The molecule has 0 atom stereocenters. The first-order valence-electron chi connectivity index (χ1n) is 8.17. The molecule has 0 fully saturated rings. The highest BCUT2D eigenvalue weighted by Gasteiger charge is 2.32. The van der Waals surface area contributed by atoms with Crippen molar-refractivity contribution in [1.82, 2.24) is 10.3 Å². The summed E-state index contributed by atoms with van der Waals surface area (Å²) in [7, 11) is 3.99. The third kappa shape index (κ3) is 4.85. The van der Waals surface area contributed by atoms with Gasteiger partial charge < -0.3 is 19.5 Å². The van der Waals surface area contributed by atoms with E-state index in [1.807, 2.05) is 5.38 Å². The van der Waals surface area contributed by atoms with Gasteiger partial charge in [-0.1, -0.05) is 0 Å². The van der Waals surface area contributed by atoms with Crippen molar-refractivity contribution in [2.24, 2.45) is 0 Å². The van der Waals surface area contributed by atoms with Crippen molar-refractivity contribution in [2.45, 2.75) is 19.3 Å². The Morgan fingerprint density at radius 1 is 1.22 bits per heavy atom. The van der Waals surface area contributed by atoms with Crippen LogP contribution in [0.25, 0.3) is 0 Å². The maximum atomic E-state index is 12.5. The van der Waals surface area contributed by atoms with Gasteiger partial charge in [-0.2, -0.15) is 0 Å². The van der Waals surface area contributed by atoms with E-state index >= 15 is 0 Å². The predicted molar refractivity (Wildman–Crippen MR) is 100 cm³/mol. The standard InChI is InChI=1S/C17H21N3O6S/c1-24-12-10-11(14(20(22)23)16(26-3)15(12)25-2)17(21)19-7-5-4-6-13-18-8-9-27-13/h8-10H,4-7H2,1-3H3,(H,19,21). The van der Waals surface area contributed by atoms with Gasteiger partial charge in [-0.3, -0.25) is 14.9 Å². The van der Waals surface area contributed by atoms with Crippen molar-refractivity contribution >= 4 is 22.9 Å². The topological polar surface area (TPSA) is 113 Å². The summed E-state index contributed by atoms with van der Waals surface area (Å²) in [5.41, 5.74) is -0.607. The van der Waals surface area contributed by atoms with E-state index in [9.17, 15) is 14.9 Å². The quantitative estimate of drug-likeness (QED) is 0.374. The molecule has 0 aliphatic carbocycles. The van der Waals surface area contributed by atoms with Gasteiger partial charge in [0.25, 0.3) is 5.91 Å². The van der Waals surface area contributed by atoms with Gasteiger partial charge in [-0.15, -0.1) is 11.3 Å². The number of aromatic nitrogens is 1. The summed E-state index contributed by atoms with van der Waals surface area (Å²) in [5.74, 6) is -0.494. The van der Waals surface area contributed by atoms with E-state index in [-0.39, 0.29) is 22.8 Å². The number of amides is 1. The maximum absolute atomic E-state index is 12.5. The number of nitrogens with zero attached hydrogens (tertiary/aromatic N) is 2. The lowest BCUT2D eigenvalue weighted by molar-refractivity contribution is -0.386. The van der Waals surface area contributed by atoms with Crippen LogP contribution in [-0.4, -0.2) is 43.7 Å². The molecule has 1 aromatic heterocycles. The molecule has 1 N–H and O–H groups in total. The number of ether oxygens (including phenoxy) is 3. The number of carbonyl (C=O) groups is 1. The Balaban J connectivity index is 2.12. The molecule has 0 bridgehead atoms. The second kappa shape index (κ2) is 9.72. The number of hydrogen-bond donors (Lipinski definition) is 1. The van der Waals surface area contributed by atoms with Gasteiger partial charge in [-0.05, 0) is 19.3 Å². The molecule has 1 amide bonds. The van der Waals surface area contributed by atoms with E-state index in [0.29, 0.717) is 6.54 Å². The monoisotopic (exact) mass is 395 g/mol. The molecular weight excluding hydrogens is 374 g/mol.